The van der Waals surface area contributed by atoms with Gasteiger partial charge in [-0.1, -0.05) is 13.0 Å². The maximum atomic E-state index is 12.8. The molecule has 2 heterocycles. The molecule has 0 radical (unpaired) electrons. The minimum absolute atomic E-state index is 0.0527. The van der Waals surface area contributed by atoms with Gasteiger partial charge in [0.2, 0.25) is 20.0 Å². The Morgan fingerprint density at radius 1 is 1.11 bits per heavy atom. The van der Waals surface area contributed by atoms with E-state index in [0.29, 0.717) is 19.0 Å². The van der Waals surface area contributed by atoms with E-state index in [1.165, 1.54) is 39.9 Å². The summed E-state index contributed by atoms with van der Waals surface area (Å²) in [5, 5.41) is 1.89. The van der Waals surface area contributed by atoms with Crippen molar-refractivity contribution in [2.24, 2.45) is 5.92 Å². The molecule has 2 atom stereocenters. The minimum Gasteiger partial charge on any atom is -0.207 e. The zero-order valence-electron chi connectivity index (χ0n) is 15.3. The van der Waals surface area contributed by atoms with Crippen LogP contribution in [0.4, 0.5) is 0 Å². The molecule has 2 aromatic rings. The van der Waals surface area contributed by atoms with E-state index >= 15 is 0 Å². The van der Waals surface area contributed by atoms with Gasteiger partial charge in [0.1, 0.15) is 0 Å². The van der Waals surface area contributed by atoms with Crippen molar-refractivity contribution in [3.05, 3.63) is 46.7 Å². The van der Waals surface area contributed by atoms with Gasteiger partial charge in [-0.3, -0.25) is 0 Å². The lowest BCUT2D eigenvalue weighted by atomic mass is 10.0. The molecule has 6 nitrogen and oxygen atoms in total. The predicted molar refractivity (Wildman–Crippen MR) is 107 cm³/mol. The second kappa shape index (κ2) is 8.00. The second-order valence-electron chi connectivity index (χ2n) is 6.94. The number of rotatable bonds is 6. The van der Waals surface area contributed by atoms with Gasteiger partial charge in [-0.15, -0.1) is 11.3 Å². The molecule has 0 bridgehead atoms. The predicted octanol–water partition coefficient (Wildman–Crippen LogP) is 3.21. The summed E-state index contributed by atoms with van der Waals surface area (Å²) in [5.41, 5.74) is 0. The molecule has 1 saturated heterocycles. The number of piperidine rings is 1. The maximum Gasteiger partial charge on any atom is 0.243 e. The summed E-state index contributed by atoms with van der Waals surface area (Å²) in [6.07, 6.45) is 1.87. The van der Waals surface area contributed by atoms with E-state index in [-0.39, 0.29) is 15.8 Å². The van der Waals surface area contributed by atoms with Crippen molar-refractivity contribution in [3.63, 3.8) is 0 Å². The summed E-state index contributed by atoms with van der Waals surface area (Å²) in [4.78, 5) is 1.09. The Morgan fingerprint density at radius 3 is 2.37 bits per heavy atom. The fraction of sp³-hybridized carbons (Fsp3) is 0.444. The van der Waals surface area contributed by atoms with Gasteiger partial charge in [0.25, 0.3) is 0 Å². The molecule has 0 spiro atoms. The van der Waals surface area contributed by atoms with Crippen LogP contribution in [-0.2, 0) is 20.0 Å². The first-order chi connectivity index (χ1) is 12.7. The summed E-state index contributed by atoms with van der Waals surface area (Å²) in [6.45, 7) is 4.83. The zero-order valence-corrected chi connectivity index (χ0v) is 17.8. The van der Waals surface area contributed by atoms with Gasteiger partial charge in [0.15, 0.2) is 0 Å². The van der Waals surface area contributed by atoms with Gasteiger partial charge in [0.05, 0.1) is 15.8 Å². The van der Waals surface area contributed by atoms with Crippen LogP contribution < -0.4 is 4.72 Å². The van der Waals surface area contributed by atoms with E-state index in [1.807, 2.05) is 24.4 Å². The van der Waals surface area contributed by atoms with Crippen molar-refractivity contribution < 1.29 is 16.8 Å². The highest BCUT2D eigenvalue weighted by Gasteiger charge is 2.29. The van der Waals surface area contributed by atoms with Gasteiger partial charge in [0, 0.05) is 18.0 Å². The molecule has 3 rings (SSSR count). The molecule has 0 unspecified atom stereocenters. The van der Waals surface area contributed by atoms with Crippen LogP contribution in [0.1, 0.15) is 37.6 Å². The molecule has 1 N–H and O–H groups in total. The van der Waals surface area contributed by atoms with E-state index < -0.39 is 20.0 Å². The maximum absolute atomic E-state index is 12.8. The normalized spacial score (nSPS) is 20.4. The van der Waals surface area contributed by atoms with Crippen LogP contribution >= 0.6 is 11.3 Å². The van der Waals surface area contributed by atoms with Crippen LogP contribution in [0.3, 0.4) is 0 Å². The van der Waals surface area contributed by atoms with Gasteiger partial charge >= 0.3 is 0 Å². The molecular weight excluding hydrogens is 404 g/mol. The van der Waals surface area contributed by atoms with Gasteiger partial charge in [-0.2, -0.15) is 4.31 Å². The zero-order chi connectivity index (χ0) is 19.7. The molecule has 148 valence electrons. The highest BCUT2D eigenvalue weighted by atomic mass is 32.2. The largest absolute Gasteiger partial charge is 0.243 e. The third-order valence-electron chi connectivity index (χ3n) is 4.69. The Kier molecular flexibility index (Phi) is 6.07. The highest BCUT2D eigenvalue weighted by Crippen LogP contribution is 2.25. The molecule has 0 aliphatic carbocycles. The minimum atomic E-state index is -3.73. The number of hydrogen-bond donors (Lipinski definition) is 1. The molecule has 1 aromatic carbocycles. The molecule has 1 aromatic heterocycles. The highest BCUT2D eigenvalue weighted by molar-refractivity contribution is 7.89. The van der Waals surface area contributed by atoms with Crippen LogP contribution in [0.5, 0.6) is 0 Å². The lowest BCUT2D eigenvalue weighted by Gasteiger charge is -2.30. The quantitative estimate of drug-likeness (QED) is 0.766. The number of benzene rings is 1. The number of sulfonamides is 2. The van der Waals surface area contributed by atoms with Crippen molar-refractivity contribution >= 4 is 31.4 Å². The molecule has 0 amide bonds. The van der Waals surface area contributed by atoms with E-state index in [2.05, 4.69) is 4.72 Å². The van der Waals surface area contributed by atoms with E-state index in [4.69, 9.17) is 0 Å². The first kappa shape index (κ1) is 20.5. The van der Waals surface area contributed by atoms with Crippen molar-refractivity contribution in [2.75, 3.05) is 13.1 Å². The van der Waals surface area contributed by atoms with Crippen LogP contribution in [0.2, 0.25) is 0 Å². The Morgan fingerprint density at radius 2 is 1.78 bits per heavy atom. The Hall–Kier alpha value is -1.26. The van der Waals surface area contributed by atoms with Crippen molar-refractivity contribution in [3.8, 4) is 0 Å². The average Bonchev–Trinajstić information content (AvgIpc) is 3.16. The number of nitrogens with zero attached hydrogens (tertiary/aromatic N) is 1. The Bertz CT molecular complexity index is 968. The van der Waals surface area contributed by atoms with Crippen molar-refractivity contribution in [2.45, 2.75) is 42.5 Å². The van der Waals surface area contributed by atoms with Crippen LogP contribution in [0.15, 0.2) is 51.6 Å². The fourth-order valence-electron chi connectivity index (χ4n) is 3.20. The topological polar surface area (TPSA) is 83.6 Å². The van der Waals surface area contributed by atoms with E-state index in [1.54, 1.807) is 6.92 Å². The second-order valence-corrected chi connectivity index (χ2v) is 11.6. The Labute approximate surface area is 165 Å². The summed E-state index contributed by atoms with van der Waals surface area (Å²) in [7, 11) is -7.33. The summed E-state index contributed by atoms with van der Waals surface area (Å²) >= 11 is 1.48. The van der Waals surface area contributed by atoms with Crippen molar-refractivity contribution in [1.82, 2.24) is 9.03 Å². The van der Waals surface area contributed by atoms with E-state index in [9.17, 15) is 16.8 Å². The molecule has 1 aliphatic rings. The number of nitrogens with one attached hydrogen (secondary N) is 1. The lowest BCUT2D eigenvalue weighted by Crippen LogP contribution is -2.39. The van der Waals surface area contributed by atoms with E-state index in [0.717, 1.165) is 17.7 Å². The molecule has 1 aliphatic heterocycles. The molecule has 0 saturated carbocycles. The number of hydrogen-bond acceptors (Lipinski definition) is 5. The lowest BCUT2D eigenvalue weighted by molar-refractivity contribution is 0.281. The summed E-state index contributed by atoms with van der Waals surface area (Å²) < 4.78 is 54.8. The Balaban J connectivity index is 1.78. The first-order valence-electron chi connectivity index (χ1n) is 8.86. The molecule has 1 fully saturated rings. The SMILES string of the molecule is C[C@@H]1CCCN(S(=O)(=O)c2ccc(S(=O)(=O)N[C@H](C)c3cccs3)cc2)C1. The first-order valence-corrected chi connectivity index (χ1v) is 12.7. The summed E-state index contributed by atoms with van der Waals surface area (Å²) in [6, 6.07) is 8.83. The smallest absolute Gasteiger partial charge is 0.207 e. The number of thiophene rings is 1. The van der Waals surface area contributed by atoms with Crippen LogP contribution in [0, 0.1) is 5.92 Å². The third kappa shape index (κ3) is 4.60. The van der Waals surface area contributed by atoms with Crippen LogP contribution in [-0.4, -0.2) is 34.2 Å². The third-order valence-corrected chi connectivity index (χ3v) is 9.18. The average molecular weight is 429 g/mol. The molecule has 27 heavy (non-hydrogen) atoms. The van der Waals surface area contributed by atoms with Crippen LogP contribution in [0.25, 0.3) is 0 Å². The molecular formula is C18H24N2O4S3. The molecule has 9 heteroatoms. The summed E-state index contributed by atoms with van der Waals surface area (Å²) in [5.74, 6) is 0.330. The van der Waals surface area contributed by atoms with Crippen molar-refractivity contribution in [1.29, 1.82) is 0 Å². The van der Waals surface area contributed by atoms with Gasteiger partial charge in [-0.25, -0.2) is 21.6 Å². The van der Waals surface area contributed by atoms with Gasteiger partial charge in [-0.05, 0) is 61.4 Å². The standard InChI is InChI=1S/C18H24N2O4S3/c1-14-5-3-11-20(13-14)27(23,24)17-9-7-16(8-10-17)26(21,22)19-15(2)18-6-4-12-25-18/h4,6-10,12,14-15,19H,3,5,11,13H2,1-2H3/t14-,15-/m1/s1. The van der Waals surface area contributed by atoms with Gasteiger partial charge < -0.3 is 0 Å². The fourth-order valence-corrected chi connectivity index (χ4v) is 6.83. The monoisotopic (exact) mass is 428 g/mol.